The largest absolute Gasteiger partial charge is 0.383 e. The first-order chi connectivity index (χ1) is 10.8. The monoisotopic (exact) mass is 298 g/mol. The van der Waals surface area contributed by atoms with Crippen LogP contribution in [0.2, 0.25) is 0 Å². The third-order valence-electron chi connectivity index (χ3n) is 3.32. The number of benzene rings is 2. The van der Waals surface area contributed by atoms with Gasteiger partial charge < -0.3 is 15.4 Å². The Balaban J connectivity index is 1.78. The van der Waals surface area contributed by atoms with Crippen molar-refractivity contribution >= 4 is 5.91 Å². The molecule has 0 saturated carbocycles. The molecule has 0 bridgehead atoms. The lowest BCUT2D eigenvalue weighted by molar-refractivity contribution is -0.120. The van der Waals surface area contributed by atoms with Crippen LogP contribution in [-0.2, 0) is 16.1 Å². The summed E-state index contributed by atoms with van der Waals surface area (Å²) in [7, 11) is 1.64. The standard InChI is InChI=1S/C18H22N2O2/c1-22-12-11-19-14-18(21)20-13-15-7-9-17(10-8-15)16-5-3-2-4-6-16/h2-10,19H,11-14H2,1H3,(H,20,21). The van der Waals surface area contributed by atoms with Crippen LogP contribution in [0.4, 0.5) is 0 Å². The predicted molar refractivity (Wildman–Crippen MR) is 88.5 cm³/mol. The summed E-state index contributed by atoms with van der Waals surface area (Å²) in [6, 6.07) is 18.5. The number of rotatable bonds is 8. The lowest BCUT2D eigenvalue weighted by atomic mass is 10.0. The van der Waals surface area contributed by atoms with E-state index >= 15 is 0 Å². The number of hydrogen-bond donors (Lipinski definition) is 2. The van der Waals surface area contributed by atoms with E-state index in [1.165, 1.54) is 11.1 Å². The van der Waals surface area contributed by atoms with Crippen molar-refractivity contribution in [2.24, 2.45) is 0 Å². The van der Waals surface area contributed by atoms with Gasteiger partial charge >= 0.3 is 0 Å². The van der Waals surface area contributed by atoms with Gasteiger partial charge in [-0.05, 0) is 16.7 Å². The Labute approximate surface area is 131 Å². The quantitative estimate of drug-likeness (QED) is 0.735. The van der Waals surface area contributed by atoms with E-state index in [9.17, 15) is 4.79 Å². The van der Waals surface area contributed by atoms with Crippen molar-refractivity contribution < 1.29 is 9.53 Å². The van der Waals surface area contributed by atoms with Gasteiger partial charge in [0.05, 0.1) is 13.2 Å². The van der Waals surface area contributed by atoms with E-state index in [1.807, 2.05) is 30.3 Å². The van der Waals surface area contributed by atoms with E-state index < -0.39 is 0 Å². The molecule has 0 heterocycles. The van der Waals surface area contributed by atoms with Crippen molar-refractivity contribution in [1.29, 1.82) is 0 Å². The maximum Gasteiger partial charge on any atom is 0.234 e. The molecular weight excluding hydrogens is 276 g/mol. The number of amides is 1. The second-order valence-electron chi connectivity index (χ2n) is 5.01. The summed E-state index contributed by atoms with van der Waals surface area (Å²) in [5, 5.41) is 5.91. The molecule has 0 aliphatic heterocycles. The van der Waals surface area contributed by atoms with E-state index in [4.69, 9.17) is 4.74 Å². The van der Waals surface area contributed by atoms with Gasteiger partial charge in [-0.1, -0.05) is 54.6 Å². The number of carbonyl (C=O) groups is 1. The smallest absolute Gasteiger partial charge is 0.234 e. The Hall–Kier alpha value is -2.17. The van der Waals surface area contributed by atoms with Gasteiger partial charge in [0.1, 0.15) is 0 Å². The summed E-state index contributed by atoms with van der Waals surface area (Å²) in [5.41, 5.74) is 3.46. The summed E-state index contributed by atoms with van der Waals surface area (Å²) in [5.74, 6) is -0.0109. The van der Waals surface area contributed by atoms with Gasteiger partial charge in [0.15, 0.2) is 0 Å². The molecule has 116 valence electrons. The van der Waals surface area contributed by atoms with Crippen molar-refractivity contribution in [2.75, 3.05) is 26.8 Å². The Morgan fingerprint density at radius 3 is 2.36 bits per heavy atom. The first-order valence-corrected chi connectivity index (χ1v) is 7.40. The predicted octanol–water partition coefficient (Wildman–Crippen LogP) is 2.21. The Kier molecular flexibility index (Phi) is 6.61. The number of carbonyl (C=O) groups excluding carboxylic acids is 1. The molecule has 1 amide bonds. The van der Waals surface area contributed by atoms with Crippen molar-refractivity contribution in [2.45, 2.75) is 6.54 Å². The average molecular weight is 298 g/mol. The fourth-order valence-electron chi connectivity index (χ4n) is 2.08. The number of hydrogen-bond acceptors (Lipinski definition) is 3. The molecule has 0 radical (unpaired) electrons. The molecule has 0 aliphatic carbocycles. The molecule has 0 saturated heterocycles. The van der Waals surface area contributed by atoms with E-state index in [1.54, 1.807) is 7.11 Å². The highest BCUT2D eigenvalue weighted by Crippen LogP contribution is 2.19. The van der Waals surface area contributed by atoms with Crippen LogP contribution in [0.25, 0.3) is 11.1 Å². The molecule has 0 fully saturated rings. The highest BCUT2D eigenvalue weighted by Gasteiger charge is 2.01. The van der Waals surface area contributed by atoms with Crippen LogP contribution < -0.4 is 10.6 Å². The molecule has 0 aliphatic rings. The van der Waals surface area contributed by atoms with E-state index in [-0.39, 0.29) is 5.91 Å². The molecule has 0 atom stereocenters. The molecule has 2 N–H and O–H groups in total. The van der Waals surface area contributed by atoms with Gasteiger partial charge in [0, 0.05) is 20.2 Å². The summed E-state index contributed by atoms with van der Waals surface area (Å²) < 4.78 is 4.91. The zero-order valence-electron chi connectivity index (χ0n) is 12.8. The average Bonchev–Trinajstić information content (AvgIpc) is 2.58. The van der Waals surface area contributed by atoms with Crippen LogP contribution in [0, 0.1) is 0 Å². The number of nitrogens with one attached hydrogen (secondary N) is 2. The molecule has 22 heavy (non-hydrogen) atoms. The minimum atomic E-state index is -0.0109. The number of ether oxygens (including phenoxy) is 1. The molecule has 2 rings (SSSR count). The lowest BCUT2D eigenvalue weighted by Crippen LogP contribution is -2.34. The maximum atomic E-state index is 11.7. The molecule has 4 nitrogen and oxygen atoms in total. The fourth-order valence-corrected chi connectivity index (χ4v) is 2.08. The van der Waals surface area contributed by atoms with E-state index in [0.717, 1.165) is 5.56 Å². The fraction of sp³-hybridized carbons (Fsp3) is 0.278. The SMILES string of the molecule is COCCNCC(=O)NCc1ccc(-c2ccccc2)cc1. The van der Waals surface area contributed by atoms with Gasteiger partial charge in [0.25, 0.3) is 0 Å². The topological polar surface area (TPSA) is 50.4 Å². The Morgan fingerprint density at radius 1 is 1.00 bits per heavy atom. The summed E-state index contributed by atoms with van der Waals surface area (Å²) >= 11 is 0. The van der Waals surface area contributed by atoms with Gasteiger partial charge in [-0.15, -0.1) is 0 Å². The highest BCUT2D eigenvalue weighted by atomic mass is 16.5. The highest BCUT2D eigenvalue weighted by molar-refractivity contribution is 5.78. The van der Waals surface area contributed by atoms with Crippen molar-refractivity contribution in [3.63, 3.8) is 0 Å². The first kappa shape index (κ1) is 16.2. The van der Waals surface area contributed by atoms with Crippen LogP contribution in [0.3, 0.4) is 0 Å². The van der Waals surface area contributed by atoms with Crippen LogP contribution in [0.15, 0.2) is 54.6 Å². The minimum absolute atomic E-state index is 0.0109. The molecule has 0 aromatic heterocycles. The van der Waals surface area contributed by atoms with Gasteiger partial charge in [-0.25, -0.2) is 0 Å². The molecule has 2 aromatic carbocycles. The van der Waals surface area contributed by atoms with Crippen molar-refractivity contribution in [3.8, 4) is 11.1 Å². The van der Waals surface area contributed by atoms with Crippen LogP contribution in [-0.4, -0.2) is 32.7 Å². The molecular formula is C18H22N2O2. The maximum absolute atomic E-state index is 11.7. The second-order valence-corrected chi connectivity index (χ2v) is 5.01. The van der Waals surface area contributed by atoms with Gasteiger partial charge in [-0.3, -0.25) is 4.79 Å². The molecule has 0 spiro atoms. The molecule has 2 aromatic rings. The lowest BCUT2D eigenvalue weighted by Gasteiger charge is -2.08. The first-order valence-electron chi connectivity index (χ1n) is 7.40. The Bertz CT molecular complexity index is 567. The van der Waals surface area contributed by atoms with Crippen molar-refractivity contribution in [3.05, 3.63) is 60.2 Å². The zero-order chi connectivity index (χ0) is 15.6. The van der Waals surface area contributed by atoms with Gasteiger partial charge in [0.2, 0.25) is 5.91 Å². The van der Waals surface area contributed by atoms with Crippen LogP contribution in [0.1, 0.15) is 5.56 Å². The molecule has 4 heteroatoms. The second kappa shape index (κ2) is 8.97. The zero-order valence-corrected chi connectivity index (χ0v) is 12.8. The van der Waals surface area contributed by atoms with E-state index in [2.05, 4.69) is 34.9 Å². The third kappa shape index (κ3) is 5.31. The third-order valence-corrected chi connectivity index (χ3v) is 3.32. The van der Waals surface area contributed by atoms with Crippen LogP contribution in [0.5, 0.6) is 0 Å². The summed E-state index contributed by atoms with van der Waals surface area (Å²) in [4.78, 5) is 11.7. The van der Waals surface area contributed by atoms with E-state index in [0.29, 0.717) is 26.2 Å². The molecule has 0 unspecified atom stereocenters. The number of methoxy groups -OCH3 is 1. The Morgan fingerprint density at radius 2 is 1.68 bits per heavy atom. The summed E-state index contributed by atoms with van der Waals surface area (Å²) in [6.45, 7) is 2.13. The van der Waals surface area contributed by atoms with Crippen molar-refractivity contribution in [1.82, 2.24) is 10.6 Å². The normalized spacial score (nSPS) is 10.4. The minimum Gasteiger partial charge on any atom is -0.383 e. The van der Waals surface area contributed by atoms with Crippen LogP contribution >= 0.6 is 0 Å². The van der Waals surface area contributed by atoms with Gasteiger partial charge in [-0.2, -0.15) is 0 Å². The summed E-state index contributed by atoms with van der Waals surface area (Å²) in [6.07, 6.45) is 0.